The molecule has 0 fully saturated rings. The van der Waals surface area contributed by atoms with Gasteiger partial charge < -0.3 is 23.7 Å². The maximum Gasteiger partial charge on any atom is 0.343 e. The van der Waals surface area contributed by atoms with Crippen LogP contribution in [0.2, 0.25) is 0 Å². The minimum atomic E-state index is -0.814. The van der Waals surface area contributed by atoms with E-state index in [1.54, 1.807) is 60.7 Å². The molecule has 5 rings (SSSR count). The standard InChI is InChI=1S/C24H18N2O7/c27-23(22-13-29-18-6-1-2-7-20(18)33-22)26-25-12-15-4-3-5-17(10-15)32-24(28)16-8-9-19-21(11-16)31-14-30-19/h1-12,22H,13-14H2,(H,26,27). The third-order valence-electron chi connectivity index (χ3n) is 4.87. The lowest BCUT2D eigenvalue weighted by Gasteiger charge is -2.24. The number of para-hydroxylation sites is 2. The van der Waals surface area contributed by atoms with Crippen LogP contribution in [-0.4, -0.2) is 37.6 Å². The minimum Gasteiger partial charge on any atom is -0.485 e. The van der Waals surface area contributed by atoms with Gasteiger partial charge in [-0.3, -0.25) is 4.79 Å². The Kier molecular flexibility index (Phi) is 5.50. The van der Waals surface area contributed by atoms with Crippen molar-refractivity contribution in [1.82, 2.24) is 5.43 Å². The van der Waals surface area contributed by atoms with Crippen molar-refractivity contribution in [3.63, 3.8) is 0 Å². The number of hydrazone groups is 1. The highest BCUT2D eigenvalue weighted by Gasteiger charge is 2.27. The van der Waals surface area contributed by atoms with Gasteiger partial charge in [0.2, 0.25) is 12.9 Å². The first-order chi connectivity index (χ1) is 16.2. The van der Waals surface area contributed by atoms with E-state index in [-0.39, 0.29) is 13.4 Å². The van der Waals surface area contributed by atoms with Crippen molar-refractivity contribution in [3.05, 3.63) is 77.9 Å². The predicted molar refractivity (Wildman–Crippen MR) is 116 cm³/mol. The van der Waals surface area contributed by atoms with E-state index < -0.39 is 18.0 Å². The van der Waals surface area contributed by atoms with Crippen LogP contribution in [0, 0.1) is 0 Å². The second-order valence-electron chi connectivity index (χ2n) is 7.13. The smallest absolute Gasteiger partial charge is 0.343 e. The number of esters is 1. The highest BCUT2D eigenvalue weighted by Crippen LogP contribution is 2.33. The lowest BCUT2D eigenvalue weighted by molar-refractivity contribution is -0.130. The second kappa shape index (κ2) is 8.91. The Morgan fingerprint density at radius 3 is 2.64 bits per heavy atom. The van der Waals surface area contributed by atoms with E-state index in [9.17, 15) is 9.59 Å². The number of carbonyl (C=O) groups excluding carboxylic acids is 2. The Balaban J connectivity index is 1.18. The summed E-state index contributed by atoms with van der Waals surface area (Å²) in [6, 6.07) is 18.7. The molecule has 0 saturated carbocycles. The van der Waals surface area contributed by atoms with E-state index in [0.29, 0.717) is 39.9 Å². The summed E-state index contributed by atoms with van der Waals surface area (Å²) < 4.78 is 27.1. The molecule has 0 radical (unpaired) electrons. The van der Waals surface area contributed by atoms with E-state index in [0.717, 1.165) is 0 Å². The number of nitrogens with zero attached hydrogens (tertiary/aromatic N) is 1. The van der Waals surface area contributed by atoms with Gasteiger partial charge in [-0.2, -0.15) is 5.10 Å². The van der Waals surface area contributed by atoms with Crippen molar-refractivity contribution in [2.75, 3.05) is 13.4 Å². The third-order valence-corrected chi connectivity index (χ3v) is 4.87. The summed E-state index contributed by atoms with van der Waals surface area (Å²) in [5.41, 5.74) is 3.39. The molecule has 9 heteroatoms. The van der Waals surface area contributed by atoms with E-state index in [1.165, 1.54) is 6.21 Å². The van der Waals surface area contributed by atoms with Crippen LogP contribution in [0.5, 0.6) is 28.7 Å². The fourth-order valence-electron chi connectivity index (χ4n) is 3.24. The zero-order valence-corrected chi connectivity index (χ0v) is 17.2. The third kappa shape index (κ3) is 4.57. The second-order valence-corrected chi connectivity index (χ2v) is 7.13. The average molecular weight is 446 g/mol. The molecule has 0 bridgehead atoms. The molecule has 0 spiro atoms. The van der Waals surface area contributed by atoms with Gasteiger partial charge in [-0.25, -0.2) is 10.2 Å². The Hall–Kier alpha value is -4.53. The number of ether oxygens (including phenoxy) is 5. The van der Waals surface area contributed by atoms with Crippen LogP contribution in [-0.2, 0) is 4.79 Å². The molecule has 0 aromatic heterocycles. The zero-order chi connectivity index (χ0) is 22.6. The molecule has 9 nitrogen and oxygen atoms in total. The van der Waals surface area contributed by atoms with Crippen molar-refractivity contribution in [2.45, 2.75) is 6.10 Å². The summed E-state index contributed by atoms with van der Waals surface area (Å²) in [7, 11) is 0. The highest BCUT2D eigenvalue weighted by molar-refractivity contribution is 5.92. The number of carbonyl (C=O) groups is 2. The average Bonchev–Trinajstić information content (AvgIpc) is 3.32. The molecule has 0 saturated heterocycles. The van der Waals surface area contributed by atoms with E-state index in [4.69, 9.17) is 23.7 Å². The summed E-state index contributed by atoms with van der Waals surface area (Å²) in [4.78, 5) is 24.8. The lowest BCUT2D eigenvalue weighted by atomic mass is 10.2. The number of nitrogens with one attached hydrogen (secondary N) is 1. The summed E-state index contributed by atoms with van der Waals surface area (Å²) >= 11 is 0. The fraction of sp³-hybridized carbons (Fsp3) is 0.125. The maximum atomic E-state index is 12.5. The number of rotatable bonds is 5. The van der Waals surface area contributed by atoms with Gasteiger partial charge in [-0.15, -0.1) is 0 Å². The SMILES string of the molecule is O=C(Oc1cccc(C=NNC(=O)C2COc3ccccc3O2)c1)c1ccc2c(c1)OCO2. The van der Waals surface area contributed by atoms with Crippen LogP contribution >= 0.6 is 0 Å². The number of hydrogen-bond acceptors (Lipinski definition) is 8. The van der Waals surface area contributed by atoms with Gasteiger partial charge >= 0.3 is 5.97 Å². The molecule has 33 heavy (non-hydrogen) atoms. The van der Waals surface area contributed by atoms with Crippen LogP contribution in [0.4, 0.5) is 0 Å². The van der Waals surface area contributed by atoms with Crippen molar-refractivity contribution < 1.29 is 33.3 Å². The van der Waals surface area contributed by atoms with Crippen molar-refractivity contribution in [1.29, 1.82) is 0 Å². The zero-order valence-electron chi connectivity index (χ0n) is 17.2. The van der Waals surface area contributed by atoms with Gasteiger partial charge in [-0.1, -0.05) is 24.3 Å². The topological polar surface area (TPSA) is 105 Å². The molecule has 1 N–H and O–H groups in total. The van der Waals surface area contributed by atoms with E-state index in [1.807, 2.05) is 6.07 Å². The Labute approximate surface area is 188 Å². The molecule has 1 amide bonds. The lowest BCUT2D eigenvalue weighted by Crippen LogP contribution is -2.42. The molecule has 1 atom stereocenters. The first-order valence-electron chi connectivity index (χ1n) is 10.1. The number of hydrogen-bond donors (Lipinski definition) is 1. The summed E-state index contributed by atoms with van der Waals surface area (Å²) in [6.45, 7) is 0.211. The Bertz CT molecular complexity index is 1240. The quantitative estimate of drug-likeness (QED) is 0.278. The summed E-state index contributed by atoms with van der Waals surface area (Å²) in [5.74, 6) is 1.53. The largest absolute Gasteiger partial charge is 0.485 e. The molecular formula is C24H18N2O7. The van der Waals surface area contributed by atoms with E-state index in [2.05, 4.69) is 10.5 Å². The fourth-order valence-corrected chi connectivity index (χ4v) is 3.24. The molecule has 2 aliphatic rings. The predicted octanol–water partition coefficient (Wildman–Crippen LogP) is 2.92. The van der Waals surface area contributed by atoms with Crippen LogP contribution < -0.4 is 29.1 Å². The Morgan fingerprint density at radius 2 is 1.73 bits per heavy atom. The van der Waals surface area contributed by atoms with E-state index >= 15 is 0 Å². The van der Waals surface area contributed by atoms with Gasteiger partial charge in [0.1, 0.15) is 12.4 Å². The van der Waals surface area contributed by atoms with Gasteiger partial charge in [-0.05, 0) is 48.0 Å². The first kappa shape index (κ1) is 20.4. The highest BCUT2D eigenvalue weighted by atomic mass is 16.7. The number of benzene rings is 3. The molecule has 0 aliphatic carbocycles. The van der Waals surface area contributed by atoms with Gasteiger partial charge in [0.25, 0.3) is 5.91 Å². The number of fused-ring (bicyclic) bond motifs is 2. The molecule has 1 unspecified atom stereocenters. The molecule has 2 heterocycles. The minimum absolute atomic E-state index is 0.0870. The monoisotopic (exact) mass is 446 g/mol. The maximum absolute atomic E-state index is 12.5. The molecule has 166 valence electrons. The first-order valence-corrected chi connectivity index (χ1v) is 10.1. The van der Waals surface area contributed by atoms with Gasteiger partial charge in [0, 0.05) is 0 Å². The molecule has 3 aromatic rings. The molecular weight excluding hydrogens is 428 g/mol. The number of amides is 1. The molecule has 2 aliphatic heterocycles. The van der Waals surface area contributed by atoms with Crippen molar-refractivity contribution >= 4 is 18.1 Å². The van der Waals surface area contributed by atoms with Crippen LogP contribution in [0.25, 0.3) is 0 Å². The normalized spacial score (nSPS) is 15.8. The van der Waals surface area contributed by atoms with Crippen molar-refractivity contribution in [3.8, 4) is 28.7 Å². The van der Waals surface area contributed by atoms with Crippen molar-refractivity contribution in [2.24, 2.45) is 5.10 Å². The van der Waals surface area contributed by atoms with Crippen LogP contribution in [0.1, 0.15) is 15.9 Å². The molecule has 3 aromatic carbocycles. The Morgan fingerprint density at radius 1 is 0.909 bits per heavy atom. The van der Waals surface area contributed by atoms with Crippen LogP contribution in [0.15, 0.2) is 71.8 Å². The van der Waals surface area contributed by atoms with Gasteiger partial charge in [0.15, 0.2) is 23.0 Å². The van der Waals surface area contributed by atoms with Gasteiger partial charge in [0.05, 0.1) is 11.8 Å². The summed E-state index contributed by atoms with van der Waals surface area (Å²) in [6.07, 6.45) is 0.624. The summed E-state index contributed by atoms with van der Waals surface area (Å²) in [5, 5.41) is 3.96. The van der Waals surface area contributed by atoms with Crippen LogP contribution in [0.3, 0.4) is 0 Å².